The molecule has 0 bridgehead atoms. The van der Waals surface area contributed by atoms with Crippen molar-refractivity contribution in [3.05, 3.63) is 127 Å². The molecule has 0 saturated carbocycles. The second-order valence-corrected chi connectivity index (χ2v) is 11.6. The molecule has 4 heteroatoms. The molecule has 0 aromatic heterocycles. The summed E-state index contributed by atoms with van der Waals surface area (Å²) in [5, 5.41) is 0. The van der Waals surface area contributed by atoms with E-state index in [1.165, 1.54) is 22.3 Å². The lowest BCUT2D eigenvalue weighted by Crippen LogP contribution is -2.41. The highest BCUT2D eigenvalue weighted by atomic mass is 16.7. The summed E-state index contributed by atoms with van der Waals surface area (Å²) >= 11 is 0. The van der Waals surface area contributed by atoms with E-state index in [1.54, 1.807) is 0 Å². The van der Waals surface area contributed by atoms with Gasteiger partial charge in [-0.1, -0.05) is 85.0 Å². The maximum atomic E-state index is 6.30. The number of hydrogen-bond acceptors (Lipinski definition) is 3. The Bertz CT molecular complexity index is 1500. The van der Waals surface area contributed by atoms with Crippen LogP contribution in [0.5, 0.6) is 0 Å². The molecule has 200 valence electrons. The Kier molecular flexibility index (Phi) is 6.99. The predicted octanol–water partition coefficient (Wildman–Crippen LogP) is 8.86. The molecule has 0 spiro atoms. The summed E-state index contributed by atoms with van der Waals surface area (Å²) in [6.07, 6.45) is 9.03. The van der Waals surface area contributed by atoms with E-state index in [1.807, 2.05) is 0 Å². The molecule has 1 heterocycles. The quantitative estimate of drug-likeness (QED) is 0.235. The largest absolute Gasteiger partial charge is 0.494 e. The first-order chi connectivity index (χ1) is 19.3. The Labute approximate surface area is 238 Å². The summed E-state index contributed by atoms with van der Waals surface area (Å²) in [6, 6.07) is 36.7. The van der Waals surface area contributed by atoms with Gasteiger partial charge >= 0.3 is 7.12 Å². The summed E-state index contributed by atoms with van der Waals surface area (Å²) in [6.45, 7) is 8.35. The van der Waals surface area contributed by atoms with Gasteiger partial charge in [0, 0.05) is 17.1 Å². The first-order valence-corrected chi connectivity index (χ1v) is 14.2. The molecule has 0 radical (unpaired) electrons. The van der Waals surface area contributed by atoms with E-state index in [4.69, 9.17) is 9.31 Å². The normalized spacial score (nSPS) is 17.5. The van der Waals surface area contributed by atoms with Crippen molar-refractivity contribution in [2.24, 2.45) is 0 Å². The van der Waals surface area contributed by atoms with Gasteiger partial charge in [0.1, 0.15) is 0 Å². The van der Waals surface area contributed by atoms with Gasteiger partial charge < -0.3 is 14.2 Å². The smallest absolute Gasteiger partial charge is 0.399 e. The zero-order valence-corrected chi connectivity index (χ0v) is 23.8. The van der Waals surface area contributed by atoms with Crippen LogP contribution in [0.3, 0.4) is 0 Å². The van der Waals surface area contributed by atoms with Crippen molar-refractivity contribution in [3.63, 3.8) is 0 Å². The molecule has 0 atom stereocenters. The molecular weight excluding hydrogens is 489 g/mol. The highest BCUT2D eigenvalue weighted by molar-refractivity contribution is 6.62. The molecule has 1 fully saturated rings. The molecule has 0 amide bonds. The molecule has 4 aromatic rings. The number of anilines is 3. The maximum Gasteiger partial charge on any atom is 0.494 e. The topological polar surface area (TPSA) is 21.7 Å². The molecule has 2 aliphatic rings. The van der Waals surface area contributed by atoms with Gasteiger partial charge in [0.15, 0.2) is 0 Å². The van der Waals surface area contributed by atoms with Crippen molar-refractivity contribution in [1.29, 1.82) is 0 Å². The van der Waals surface area contributed by atoms with Crippen LogP contribution in [0.4, 0.5) is 17.1 Å². The summed E-state index contributed by atoms with van der Waals surface area (Å²) in [7, 11) is -0.381. The average molecular weight is 526 g/mol. The van der Waals surface area contributed by atoms with Crippen molar-refractivity contribution in [1.82, 2.24) is 0 Å². The van der Waals surface area contributed by atoms with Crippen molar-refractivity contribution in [2.75, 3.05) is 4.90 Å². The van der Waals surface area contributed by atoms with Crippen LogP contribution in [-0.2, 0) is 9.31 Å². The molecule has 6 rings (SSSR count). The van der Waals surface area contributed by atoms with Crippen LogP contribution in [0.1, 0.15) is 46.1 Å². The van der Waals surface area contributed by atoms with E-state index in [-0.39, 0.29) is 18.3 Å². The molecule has 4 aromatic carbocycles. The highest BCUT2D eigenvalue weighted by Crippen LogP contribution is 2.38. The second kappa shape index (κ2) is 10.6. The standard InChI is InChI=1S/C36H36BNO2/c1-35(2)36(3,4)40-37(39-35)31-19-25-34(26-20-31)38(32-21-15-29(16-22-32)27-11-7-5-8-12-27)33-23-17-30(18-24-33)28-13-9-6-10-14-28/h5,7-9,11-26H,6,10H2,1-4H3. The Balaban J connectivity index is 1.34. The van der Waals surface area contributed by atoms with Crippen LogP contribution in [0, 0.1) is 0 Å². The SMILES string of the molecule is CC1(C)OB(c2ccc(N(c3ccc(C4=CCCC=C4)cc3)c3ccc(-c4ccccc4)cc3)cc2)OC1(C)C. The first-order valence-electron chi connectivity index (χ1n) is 14.2. The van der Waals surface area contributed by atoms with Crippen molar-refractivity contribution >= 4 is 35.2 Å². The van der Waals surface area contributed by atoms with Gasteiger partial charge in [-0.3, -0.25) is 0 Å². The van der Waals surface area contributed by atoms with E-state index < -0.39 is 0 Å². The van der Waals surface area contributed by atoms with E-state index in [2.05, 4.69) is 154 Å². The lowest BCUT2D eigenvalue weighted by Gasteiger charge is -2.32. The van der Waals surface area contributed by atoms with Gasteiger partial charge in [0.2, 0.25) is 0 Å². The zero-order chi connectivity index (χ0) is 27.7. The third kappa shape index (κ3) is 5.17. The van der Waals surface area contributed by atoms with Crippen LogP contribution in [0.2, 0.25) is 0 Å². The summed E-state index contributed by atoms with van der Waals surface area (Å²) < 4.78 is 12.6. The number of hydrogen-bond donors (Lipinski definition) is 0. The first kappa shape index (κ1) is 26.4. The minimum Gasteiger partial charge on any atom is -0.399 e. The molecule has 3 nitrogen and oxygen atoms in total. The minimum absolute atomic E-state index is 0.367. The monoisotopic (exact) mass is 525 g/mol. The van der Waals surface area contributed by atoms with Crippen molar-refractivity contribution < 1.29 is 9.31 Å². The van der Waals surface area contributed by atoms with E-state index >= 15 is 0 Å². The maximum absolute atomic E-state index is 6.30. The van der Waals surface area contributed by atoms with Crippen LogP contribution < -0.4 is 10.4 Å². The fourth-order valence-electron chi connectivity index (χ4n) is 5.27. The van der Waals surface area contributed by atoms with Gasteiger partial charge in [0.05, 0.1) is 11.2 Å². The average Bonchev–Trinajstić information content (AvgIpc) is 3.21. The summed E-state index contributed by atoms with van der Waals surface area (Å²) in [4.78, 5) is 2.30. The summed E-state index contributed by atoms with van der Waals surface area (Å²) in [5.74, 6) is 0. The predicted molar refractivity (Wildman–Crippen MR) is 169 cm³/mol. The van der Waals surface area contributed by atoms with Gasteiger partial charge in [-0.25, -0.2) is 0 Å². The Hall–Kier alpha value is -3.86. The third-order valence-corrected chi connectivity index (χ3v) is 8.36. The minimum atomic E-state index is -0.381. The lowest BCUT2D eigenvalue weighted by molar-refractivity contribution is 0.00578. The van der Waals surface area contributed by atoms with Crippen molar-refractivity contribution in [3.8, 4) is 11.1 Å². The van der Waals surface area contributed by atoms with Crippen molar-refractivity contribution in [2.45, 2.75) is 51.7 Å². The lowest BCUT2D eigenvalue weighted by atomic mass is 9.79. The molecule has 1 aliphatic heterocycles. The summed E-state index contributed by atoms with van der Waals surface area (Å²) in [5.41, 5.74) is 8.54. The van der Waals surface area contributed by atoms with Crippen LogP contribution in [-0.4, -0.2) is 18.3 Å². The van der Waals surface area contributed by atoms with Gasteiger partial charge in [-0.2, -0.15) is 0 Å². The highest BCUT2D eigenvalue weighted by Gasteiger charge is 2.51. The number of benzene rings is 4. The molecule has 0 N–H and O–H groups in total. The number of nitrogens with zero attached hydrogens (tertiary/aromatic N) is 1. The Morgan fingerprint density at radius 2 is 1.07 bits per heavy atom. The third-order valence-electron chi connectivity index (χ3n) is 8.36. The van der Waals surface area contributed by atoms with Crippen LogP contribution in [0.25, 0.3) is 16.7 Å². The van der Waals surface area contributed by atoms with E-state index in [0.29, 0.717) is 0 Å². The molecule has 0 unspecified atom stereocenters. The Morgan fingerprint density at radius 3 is 1.60 bits per heavy atom. The van der Waals surface area contributed by atoms with Gasteiger partial charge in [0.25, 0.3) is 0 Å². The molecule has 1 aliphatic carbocycles. The van der Waals surface area contributed by atoms with Crippen LogP contribution >= 0.6 is 0 Å². The second-order valence-electron chi connectivity index (χ2n) is 11.6. The fraction of sp³-hybridized carbons (Fsp3) is 0.222. The fourth-order valence-corrected chi connectivity index (χ4v) is 5.27. The van der Waals surface area contributed by atoms with Crippen LogP contribution in [0.15, 0.2) is 121 Å². The number of rotatable bonds is 6. The van der Waals surface area contributed by atoms with E-state index in [9.17, 15) is 0 Å². The number of allylic oxidation sites excluding steroid dienone is 4. The zero-order valence-electron chi connectivity index (χ0n) is 23.8. The molecule has 40 heavy (non-hydrogen) atoms. The van der Waals surface area contributed by atoms with Gasteiger partial charge in [-0.05, 0) is 105 Å². The Morgan fingerprint density at radius 1 is 0.575 bits per heavy atom. The van der Waals surface area contributed by atoms with Gasteiger partial charge in [-0.15, -0.1) is 0 Å². The van der Waals surface area contributed by atoms with E-state index in [0.717, 1.165) is 35.4 Å². The molecular formula is C36H36BNO2. The molecule has 1 saturated heterocycles.